The molecule has 30 heavy (non-hydrogen) atoms. The molecule has 0 radical (unpaired) electrons. The van der Waals surface area contributed by atoms with E-state index in [9.17, 15) is 19.2 Å². The Morgan fingerprint density at radius 1 is 1.33 bits per heavy atom. The van der Waals surface area contributed by atoms with Gasteiger partial charge in [-0.15, -0.1) is 11.3 Å². The van der Waals surface area contributed by atoms with Crippen molar-refractivity contribution in [1.29, 1.82) is 0 Å². The molecule has 0 aliphatic carbocycles. The molecule has 0 saturated carbocycles. The number of thiazole rings is 1. The summed E-state index contributed by atoms with van der Waals surface area (Å²) in [4.78, 5) is 55.1. The van der Waals surface area contributed by atoms with Crippen LogP contribution in [0.3, 0.4) is 0 Å². The van der Waals surface area contributed by atoms with Crippen LogP contribution in [0.2, 0.25) is 0 Å². The topological polar surface area (TPSA) is 118 Å². The molecule has 9 nitrogen and oxygen atoms in total. The number of benzene rings is 1. The number of hydrogen-bond acceptors (Lipinski definition) is 8. The first-order valence-corrected chi connectivity index (χ1v) is 11.3. The lowest BCUT2D eigenvalue weighted by molar-refractivity contribution is -0.134. The van der Waals surface area contributed by atoms with Crippen molar-refractivity contribution in [3.8, 4) is 0 Å². The number of ether oxygens (including phenoxy) is 1. The van der Waals surface area contributed by atoms with E-state index in [1.165, 1.54) is 24.3 Å². The molecule has 2 unspecified atom stereocenters. The lowest BCUT2D eigenvalue weighted by Crippen LogP contribution is -2.48. The minimum Gasteiger partial charge on any atom is -0.464 e. The molecule has 0 bridgehead atoms. The van der Waals surface area contributed by atoms with Gasteiger partial charge in [-0.05, 0) is 24.0 Å². The molecule has 1 aromatic carbocycles. The van der Waals surface area contributed by atoms with E-state index in [4.69, 9.17) is 0 Å². The summed E-state index contributed by atoms with van der Waals surface area (Å²) in [6.07, 6.45) is 2.15. The van der Waals surface area contributed by atoms with Crippen LogP contribution in [-0.2, 0) is 14.3 Å². The Balaban J connectivity index is 1.80. The summed E-state index contributed by atoms with van der Waals surface area (Å²) < 4.78 is 4.60. The Hall–Kier alpha value is -2.92. The minimum absolute atomic E-state index is 0.0672. The predicted molar refractivity (Wildman–Crippen MR) is 113 cm³/mol. The Kier molecular flexibility index (Phi) is 7.06. The largest absolute Gasteiger partial charge is 0.464 e. The molecule has 1 saturated heterocycles. The van der Waals surface area contributed by atoms with Gasteiger partial charge in [-0.1, -0.05) is 30.3 Å². The fourth-order valence-corrected chi connectivity index (χ4v) is 4.13. The van der Waals surface area contributed by atoms with Crippen molar-refractivity contribution >= 4 is 52.0 Å². The third-order valence-electron chi connectivity index (χ3n) is 4.44. The number of imide groups is 1. The molecule has 158 valence electrons. The quantitative estimate of drug-likeness (QED) is 0.470. The second-order valence-electron chi connectivity index (χ2n) is 6.32. The molecule has 1 aliphatic rings. The van der Waals surface area contributed by atoms with Gasteiger partial charge in [0.15, 0.2) is 10.8 Å². The first kappa shape index (κ1) is 21.8. The Morgan fingerprint density at radius 3 is 2.73 bits per heavy atom. The molecule has 3 rings (SSSR count). The summed E-state index contributed by atoms with van der Waals surface area (Å²) in [5, 5.41) is 6.89. The van der Waals surface area contributed by atoms with Crippen molar-refractivity contribution in [1.82, 2.24) is 15.2 Å². The monoisotopic (exact) mass is 448 g/mol. The van der Waals surface area contributed by atoms with Crippen LogP contribution in [0.1, 0.15) is 28.5 Å². The Labute approximate surface area is 181 Å². The Morgan fingerprint density at radius 2 is 2.07 bits per heavy atom. The highest BCUT2D eigenvalue weighted by molar-refractivity contribution is 7.98. The van der Waals surface area contributed by atoms with Crippen LogP contribution in [0.25, 0.3) is 0 Å². The van der Waals surface area contributed by atoms with Crippen molar-refractivity contribution in [2.45, 2.75) is 18.5 Å². The number of urea groups is 1. The van der Waals surface area contributed by atoms with Crippen LogP contribution in [-0.4, -0.2) is 58.9 Å². The molecule has 4 amide bonds. The first-order chi connectivity index (χ1) is 14.5. The van der Waals surface area contributed by atoms with Crippen molar-refractivity contribution in [2.24, 2.45) is 0 Å². The van der Waals surface area contributed by atoms with E-state index < -0.39 is 35.9 Å². The van der Waals surface area contributed by atoms with Crippen LogP contribution in [0.5, 0.6) is 0 Å². The number of aromatic nitrogens is 1. The van der Waals surface area contributed by atoms with Gasteiger partial charge in [0.05, 0.1) is 7.11 Å². The van der Waals surface area contributed by atoms with Crippen LogP contribution in [0.4, 0.5) is 9.93 Å². The van der Waals surface area contributed by atoms with E-state index in [0.717, 1.165) is 16.2 Å². The van der Waals surface area contributed by atoms with E-state index in [1.807, 2.05) is 12.3 Å². The smallest absolute Gasteiger partial charge is 0.357 e. The maximum absolute atomic E-state index is 13.0. The van der Waals surface area contributed by atoms with Crippen molar-refractivity contribution in [3.05, 3.63) is 47.0 Å². The normalized spacial score (nSPS) is 16.9. The summed E-state index contributed by atoms with van der Waals surface area (Å²) in [6, 6.07) is 6.38. The zero-order valence-electron chi connectivity index (χ0n) is 16.3. The molecular formula is C19H20N4O5S2. The van der Waals surface area contributed by atoms with Gasteiger partial charge in [-0.3, -0.25) is 9.59 Å². The molecule has 2 heterocycles. The number of methoxy groups -OCH3 is 1. The highest BCUT2D eigenvalue weighted by Crippen LogP contribution is 2.26. The van der Waals surface area contributed by atoms with Gasteiger partial charge in [0.1, 0.15) is 12.1 Å². The number of carbonyl (C=O) groups excluding carboxylic acids is 4. The van der Waals surface area contributed by atoms with Crippen molar-refractivity contribution in [3.63, 3.8) is 0 Å². The SMILES string of the molecule is COC(=O)c1csc(NC(=O)C(CCSC)N2C(=O)NC(c3ccccc3)C2=O)n1. The van der Waals surface area contributed by atoms with E-state index >= 15 is 0 Å². The fraction of sp³-hybridized carbons (Fsp3) is 0.316. The van der Waals surface area contributed by atoms with Gasteiger partial charge in [0, 0.05) is 5.38 Å². The van der Waals surface area contributed by atoms with Gasteiger partial charge >= 0.3 is 12.0 Å². The number of nitrogens with one attached hydrogen (secondary N) is 2. The van der Waals surface area contributed by atoms with Gasteiger partial charge in [0.25, 0.3) is 5.91 Å². The third kappa shape index (κ3) is 4.62. The highest BCUT2D eigenvalue weighted by atomic mass is 32.2. The lowest BCUT2D eigenvalue weighted by Gasteiger charge is -2.24. The number of thioether (sulfide) groups is 1. The summed E-state index contributed by atoms with van der Waals surface area (Å²) in [5.41, 5.74) is 0.711. The molecule has 11 heteroatoms. The van der Waals surface area contributed by atoms with Crippen LogP contribution in [0.15, 0.2) is 35.7 Å². The summed E-state index contributed by atoms with van der Waals surface area (Å²) in [7, 11) is 1.24. The predicted octanol–water partition coefficient (Wildman–Crippen LogP) is 2.28. The number of amides is 4. The Bertz CT molecular complexity index is 949. The molecule has 0 spiro atoms. The molecule has 1 fully saturated rings. The first-order valence-electron chi connectivity index (χ1n) is 8.98. The number of esters is 1. The molecule has 1 aromatic heterocycles. The summed E-state index contributed by atoms with van der Waals surface area (Å²) in [5.74, 6) is -1.09. The van der Waals surface area contributed by atoms with E-state index in [1.54, 1.807) is 24.3 Å². The number of nitrogens with zero attached hydrogens (tertiary/aromatic N) is 2. The average Bonchev–Trinajstić information content (AvgIpc) is 3.33. The van der Waals surface area contributed by atoms with E-state index in [0.29, 0.717) is 11.3 Å². The summed E-state index contributed by atoms with van der Waals surface area (Å²) >= 11 is 2.55. The van der Waals surface area contributed by atoms with Gasteiger partial charge < -0.3 is 15.4 Å². The van der Waals surface area contributed by atoms with Crippen LogP contribution >= 0.6 is 23.1 Å². The maximum atomic E-state index is 13.0. The van der Waals surface area contributed by atoms with Gasteiger partial charge in [-0.2, -0.15) is 11.8 Å². The third-order valence-corrected chi connectivity index (χ3v) is 5.84. The van der Waals surface area contributed by atoms with Crippen molar-refractivity contribution in [2.75, 3.05) is 24.4 Å². The van der Waals surface area contributed by atoms with Crippen LogP contribution < -0.4 is 10.6 Å². The minimum atomic E-state index is -1.01. The molecule has 2 N–H and O–H groups in total. The zero-order valence-corrected chi connectivity index (χ0v) is 17.9. The molecular weight excluding hydrogens is 428 g/mol. The van der Waals surface area contributed by atoms with Gasteiger partial charge in [-0.25, -0.2) is 19.5 Å². The average molecular weight is 449 g/mol. The second-order valence-corrected chi connectivity index (χ2v) is 8.16. The van der Waals surface area contributed by atoms with E-state index in [-0.39, 0.29) is 17.2 Å². The number of carbonyl (C=O) groups is 4. The number of anilines is 1. The maximum Gasteiger partial charge on any atom is 0.357 e. The van der Waals surface area contributed by atoms with Crippen LogP contribution in [0, 0.1) is 0 Å². The van der Waals surface area contributed by atoms with Gasteiger partial charge in [0.2, 0.25) is 5.91 Å². The fourth-order valence-electron chi connectivity index (χ4n) is 2.99. The number of hydrogen-bond donors (Lipinski definition) is 2. The zero-order chi connectivity index (χ0) is 21.7. The lowest BCUT2D eigenvalue weighted by atomic mass is 10.1. The summed E-state index contributed by atoms with van der Waals surface area (Å²) in [6.45, 7) is 0. The van der Waals surface area contributed by atoms with E-state index in [2.05, 4.69) is 20.4 Å². The highest BCUT2D eigenvalue weighted by Gasteiger charge is 2.45. The molecule has 2 atom stereocenters. The standard InChI is InChI=1S/C19H20N4O5S2/c1-28-17(26)12-10-30-18(20-12)22-15(24)13(8-9-29-2)23-16(25)14(21-19(23)27)11-6-4-3-5-7-11/h3-7,10,13-14H,8-9H2,1-2H3,(H,21,27)(H,20,22,24). The second kappa shape index (κ2) is 9.72. The molecule has 1 aliphatic heterocycles. The number of rotatable bonds is 8. The molecule has 2 aromatic rings. The van der Waals surface area contributed by atoms with Crippen molar-refractivity contribution < 1.29 is 23.9 Å².